The molecule has 0 aliphatic carbocycles. The van der Waals surface area contributed by atoms with Crippen molar-refractivity contribution in [1.29, 1.82) is 0 Å². The summed E-state index contributed by atoms with van der Waals surface area (Å²) in [6, 6.07) is 7.95. The topological polar surface area (TPSA) is 69.1 Å². The van der Waals surface area contributed by atoms with Crippen molar-refractivity contribution < 1.29 is 0 Å². The second kappa shape index (κ2) is 4.31. The quantitative estimate of drug-likeness (QED) is 0.749. The largest absolute Gasteiger partial charge is 0.383 e. The van der Waals surface area contributed by atoms with Crippen LogP contribution in [0.3, 0.4) is 0 Å². The molecule has 0 aliphatic rings. The molecule has 96 valence electrons. The summed E-state index contributed by atoms with van der Waals surface area (Å²) < 4.78 is 2.61. The minimum Gasteiger partial charge on any atom is -0.383 e. The van der Waals surface area contributed by atoms with Gasteiger partial charge in [-0.15, -0.1) is 5.10 Å². The number of benzene rings is 1. The first-order valence-electron chi connectivity index (χ1n) is 5.81. The predicted octanol–water partition coefficient (Wildman–Crippen LogP) is 2.75. The van der Waals surface area contributed by atoms with Crippen LogP contribution in [-0.2, 0) is 0 Å². The molecule has 0 radical (unpaired) electrons. The number of halogens is 1. The van der Waals surface area contributed by atoms with E-state index in [4.69, 9.17) is 5.73 Å². The minimum atomic E-state index is 0.536. The molecule has 6 heteroatoms. The van der Waals surface area contributed by atoms with Gasteiger partial charge in [0.05, 0.1) is 5.69 Å². The number of hydrogen-bond acceptors (Lipinski definition) is 4. The van der Waals surface area contributed by atoms with Gasteiger partial charge in [-0.2, -0.15) is 9.50 Å². The zero-order valence-electron chi connectivity index (χ0n) is 10.6. The molecule has 1 aromatic carbocycles. The number of nitrogens with zero attached hydrogens (tertiary/aromatic N) is 4. The Labute approximate surface area is 118 Å². The lowest BCUT2D eigenvalue weighted by molar-refractivity contribution is 0.923. The van der Waals surface area contributed by atoms with Gasteiger partial charge in [-0.05, 0) is 31.5 Å². The first kappa shape index (κ1) is 12.1. The fourth-order valence-corrected chi connectivity index (χ4v) is 2.37. The number of fused-ring (bicyclic) bond motifs is 1. The molecule has 0 fully saturated rings. The summed E-state index contributed by atoms with van der Waals surface area (Å²) >= 11 is 3.42. The number of aromatic nitrogens is 4. The third-order valence-corrected chi connectivity index (χ3v) is 3.47. The van der Waals surface area contributed by atoms with Crippen LogP contribution in [-0.4, -0.2) is 19.6 Å². The molecule has 0 saturated heterocycles. The summed E-state index contributed by atoms with van der Waals surface area (Å²) in [6.07, 6.45) is 0. The first-order valence-corrected chi connectivity index (χ1v) is 6.61. The van der Waals surface area contributed by atoms with E-state index in [1.54, 1.807) is 4.52 Å². The van der Waals surface area contributed by atoms with Crippen LogP contribution in [0, 0.1) is 13.8 Å². The molecule has 19 heavy (non-hydrogen) atoms. The number of nitrogen functional groups attached to an aromatic ring is 1. The molecule has 0 amide bonds. The number of hydrogen-bond donors (Lipinski definition) is 1. The molecular formula is C13H12BrN5. The second-order valence-corrected chi connectivity index (χ2v) is 5.25. The van der Waals surface area contributed by atoms with Gasteiger partial charge in [0.15, 0.2) is 0 Å². The van der Waals surface area contributed by atoms with Crippen molar-refractivity contribution in [3.8, 4) is 11.1 Å². The number of rotatable bonds is 1. The molecule has 3 rings (SSSR count). The molecule has 0 bridgehead atoms. The Balaban J connectivity index is 2.31. The Morgan fingerprint density at radius 1 is 1.11 bits per heavy atom. The van der Waals surface area contributed by atoms with Crippen molar-refractivity contribution in [3.63, 3.8) is 0 Å². The molecule has 3 aromatic rings. The van der Waals surface area contributed by atoms with Crippen LogP contribution in [0.15, 0.2) is 28.7 Å². The maximum absolute atomic E-state index is 6.21. The highest BCUT2D eigenvalue weighted by Gasteiger charge is 2.14. The van der Waals surface area contributed by atoms with Crippen molar-refractivity contribution in [3.05, 3.63) is 40.3 Å². The SMILES string of the molecule is Cc1nc2nc(C)c(-c3ccc(Br)cc3)c(N)n2n1. The van der Waals surface area contributed by atoms with E-state index in [2.05, 4.69) is 31.0 Å². The lowest BCUT2D eigenvalue weighted by Crippen LogP contribution is -2.05. The van der Waals surface area contributed by atoms with E-state index in [0.29, 0.717) is 17.4 Å². The van der Waals surface area contributed by atoms with Crippen molar-refractivity contribution in [2.75, 3.05) is 5.73 Å². The van der Waals surface area contributed by atoms with Gasteiger partial charge in [-0.3, -0.25) is 0 Å². The molecule has 0 spiro atoms. The summed E-state index contributed by atoms with van der Waals surface area (Å²) in [5.74, 6) is 1.75. The fourth-order valence-electron chi connectivity index (χ4n) is 2.11. The number of aryl methyl sites for hydroxylation is 2. The van der Waals surface area contributed by atoms with Gasteiger partial charge in [-0.1, -0.05) is 28.1 Å². The van der Waals surface area contributed by atoms with E-state index in [9.17, 15) is 0 Å². The van der Waals surface area contributed by atoms with Crippen molar-refractivity contribution >= 4 is 27.5 Å². The summed E-state index contributed by atoms with van der Waals surface area (Å²) in [4.78, 5) is 8.69. The standard InChI is InChI=1S/C13H12BrN5/c1-7-11(9-3-5-10(14)6-4-9)12(15)19-13(16-7)17-8(2)18-19/h3-6H,15H2,1-2H3. The lowest BCUT2D eigenvalue weighted by atomic mass is 10.1. The summed E-state index contributed by atoms with van der Waals surface area (Å²) in [5, 5.41) is 4.27. The van der Waals surface area contributed by atoms with Gasteiger partial charge in [0.2, 0.25) is 0 Å². The van der Waals surface area contributed by atoms with E-state index in [-0.39, 0.29) is 0 Å². The van der Waals surface area contributed by atoms with Gasteiger partial charge in [0.25, 0.3) is 5.78 Å². The van der Waals surface area contributed by atoms with Crippen LogP contribution < -0.4 is 5.73 Å². The summed E-state index contributed by atoms with van der Waals surface area (Å²) in [7, 11) is 0. The van der Waals surface area contributed by atoms with Crippen molar-refractivity contribution in [2.24, 2.45) is 0 Å². The Hall–Kier alpha value is -1.95. The lowest BCUT2D eigenvalue weighted by Gasteiger charge is -2.10. The second-order valence-electron chi connectivity index (χ2n) is 4.34. The maximum Gasteiger partial charge on any atom is 0.254 e. The molecule has 0 saturated carbocycles. The smallest absolute Gasteiger partial charge is 0.254 e. The minimum absolute atomic E-state index is 0.536. The zero-order valence-corrected chi connectivity index (χ0v) is 12.1. The van der Waals surface area contributed by atoms with Crippen molar-refractivity contribution in [2.45, 2.75) is 13.8 Å². The highest BCUT2D eigenvalue weighted by Crippen LogP contribution is 2.29. The molecule has 2 aromatic heterocycles. The third kappa shape index (κ3) is 1.98. The molecule has 0 aliphatic heterocycles. The number of nitrogens with two attached hydrogens (primary N) is 1. The van der Waals surface area contributed by atoms with Gasteiger partial charge in [-0.25, -0.2) is 4.98 Å². The van der Waals surface area contributed by atoms with Crippen LogP contribution in [0.5, 0.6) is 0 Å². The van der Waals surface area contributed by atoms with Gasteiger partial charge in [0.1, 0.15) is 11.6 Å². The third-order valence-electron chi connectivity index (χ3n) is 2.94. The zero-order chi connectivity index (χ0) is 13.6. The molecule has 0 unspecified atom stereocenters. The van der Waals surface area contributed by atoms with Crippen LogP contribution in [0.1, 0.15) is 11.5 Å². The van der Waals surface area contributed by atoms with Gasteiger partial charge >= 0.3 is 0 Å². The Morgan fingerprint density at radius 2 is 1.79 bits per heavy atom. The van der Waals surface area contributed by atoms with Crippen LogP contribution in [0.4, 0.5) is 5.82 Å². The maximum atomic E-state index is 6.21. The van der Waals surface area contributed by atoms with Gasteiger partial charge in [0, 0.05) is 10.0 Å². The Bertz CT molecular complexity index is 761. The highest BCUT2D eigenvalue weighted by molar-refractivity contribution is 9.10. The average molecular weight is 318 g/mol. The van der Waals surface area contributed by atoms with Crippen molar-refractivity contribution in [1.82, 2.24) is 19.6 Å². The fraction of sp³-hybridized carbons (Fsp3) is 0.154. The normalized spacial score (nSPS) is 11.1. The molecule has 5 nitrogen and oxygen atoms in total. The van der Waals surface area contributed by atoms with Crippen LogP contribution in [0.2, 0.25) is 0 Å². The Morgan fingerprint density at radius 3 is 2.47 bits per heavy atom. The molecule has 2 N–H and O–H groups in total. The first-order chi connectivity index (χ1) is 9.06. The van der Waals surface area contributed by atoms with E-state index < -0.39 is 0 Å². The monoisotopic (exact) mass is 317 g/mol. The Kier molecular flexibility index (Phi) is 2.74. The predicted molar refractivity (Wildman–Crippen MR) is 77.8 cm³/mol. The van der Waals surface area contributed by atoms with Crippen LogP contribution >= 0.6 is 15.9 Å². The number of anilines is 1. The molecule has 0 atom stereocenters. The summed E-state index contributed by atoms with van der Waals surface area (Å²) in [6.45, 7) is 3.75. The van der Waals surface area contributed by atoms with E-state index in [1.165, 1.54) is 0 Å². The van der Waals surface area contributed by atoms with Crippen LogP contribution in [0.25, 0.3) is 16.9 Å². The molecule has 2 heterocycles. The molecular weight excluding hydrogens is 306 g/mol. The average Bonchev–Trinajstić information content (AvgIpc) is 2.72. The highest BCUT2D eigenvalue weighted by atomic mass is 79.9. The summed E-state index contributed by atoms with van der Waals surface area (Å²) in [5.41, 5.74) is 8.97. The van der Waals surface area contributed by atoms with E-state index in [0.717, 1.165) is 21.3 Å². The van der Waals surface area contributed by atoms with E-state index in [1.807, 2.05) is 38.1 Å². The van der Waals surface area contributed by atoms with Gasteiger partial charge < -0.3 is 5.73 Å². The van der Waals surface area contributed by atoms with E-state index >= 15 is 0 Å².